The molecule has 5 nitrogen and oxygen atoms in total. The van der Waals surface area contributed by atoms with Crippen molar-refractivity contribution in [3.8, 4) is 5.75 Å². The van der Waals surface area contributed by atoms with Crippen molar-refractivity contribution in [2.75, 3.05) is 7.11 Å². The average molecular weight is 461 g/mol. The van der Waals surface area contributed by atoms with Gasteiger partial charge in [-0.15, -0.1) is 0 Å². The number of nitrogens with zero attached hydrogens (tertiary/aromatic N) is 1. The van der Waals surface area contributed by atoms with E-state index in [1.807, 2.05) is 63.2 Å². The fourth-order valence-corrected chi connectivity index (χ4v) is 4.18. The van der Waals surface area contributed by atoms with Crippen molar-refractivity contribution in [2.24, 2.45) is 0 Å². The summed E-state index contributed by atoms with van der Waals surface area (Å²) in [7, 11) is 1.63. The summed E-state index contributed by atoms with van der Waals surface area (Å²) in [5.41, 5.74) is 2.11. The van der Waals surface area contributed by atoms with Crippen molar-refractivity contribution < 1.29 is 14.3 Å². The number of hydrogen-bond donors (Lipinski definition) is 1. The molecule has 0 radical (unpaired) electrons. The van der Waals surface area contributed by atoms with E-state index in [0.717, 1.165) is 23.3 Å². The summed E-state index contributed by atoms with van der Waals surface area (Å²) in [6.07, 6.45) is 2.37. The van der Waals surface area contributed by atoms with Gasteiger partial charge in [-0.3, -0.25) is 9.59 Å². The summed E-state index contributed by atoms with van der Waals surface area (Å²) in [4.78, 5) is 28.4. The van der Waals surface area contributed by atoms with Crippen LogP contribution >= 0.6 is 0 Å². The number of rotatable bonds is 11. The van der Waals surface area contributed by atoms with Crippen molar-refractivity contribution >= 4 is 22.6 Å². The van der Waals surface area contributed by atoms with Gasteiger partial charge in [0.2, 0.25) is 11.8 Å². The molecule has 0 bridgehead atoms. The van der Waals surface area contributed by atoms with Crippen LogP contribution in [0.5, 0.6) is 5.75 Å². The van der Waals surface area contributed by atoms with Gasteiger partial charge >= 0.3 is 0 Å². The number of carbonyl (C=O) groups excluding carboxylic acids is 2. The molecule has 180 valence electrons. The molecule has 0 aromatic heterocycles. The molecule has 0 aliphatic heterocycles. The van der Waals surface area contributed by atoms with Crippen LogP contribution in [-0.2, 0) is 22.6 Å². The van der Waals surface area contributed by atoms with Crippen molar-refractivity contribution in [3.05, 3.63) is 77.9 Å². The van der Waals surface area contributed by atoms with Crippen LogP contribution in [0.25, 0.3) is 10.8 Å². The van der Waals surface area contributed by atoms with Gasteiger partial charge in [0.1, 0.15) is 11.8 Å². The van der Waals surface area contributed by atoms with E-state index in [-0.39, 0.29) is 17.9 Å². The second-order valence-electron chi connectivity index (χ2n) is 8.75. The zero-order chi connectivity index (χ0) is 24.5. The Balaban J connectivity index is 1.82. The van der Waals surface area contributed by atoms with Crippen molar-refractivity contribution in [3.63, 3.8) is 0 Å². The van der Waals surface area contributed by atoms with Crippen molar-refractivity contribution in [1.82, 2.24) is 10.2 Å². The van der Waals surface area contributed by atoms with Crippen LogP contribution in [0.15, 0.2) is 66.7 Å². The Hall–Kier alpha value is -3.34. The lowest BCUT2D eigenvalue weighted by Gasteiger charge is -2.31. The zero-order valence-electron chi connectivity index (χ0n) is 20.7. The summed E-state index contributed by atoms with van der Waals surface area (Å²) in [5.74, 6) is 0.651. The first kappa shape index (κ1) is 25.3. The summed E-state index contributed by atoms with van der Waals surface area (Å²) >= 11 is 0. The van der Waals surface area contributed by atoms with Gasteiger partial charge in [0.25, 0.3) is 0 Å². The second kappa shape index (κ2) is 12.2. The third-order valence-corrected chi connectivity index (χ3v) is 6.39. The molecule has 0 unspecified atom stereocenters. The lowest BCUT2D eigenvalue weighted by atomic mass is 10.00. The Kier molecular flexibility index (Phi) is 9.08. The third kappa shape index (κ3) is 6.37. The SMILES string of the molecule is CC[C@@H](C)NC(=O)[C@@H](CC)N(Cc1ccc(OC)cc1)C(=O)CCc1cccc2ccccc12. The van der Waals surface area contributed by atoms with Gasteiger partial charge in [-0.25, -0.2) is 0 Å². The van der Waals surface area contributed by atoms with Crippen LogP contribution in [0.1, 0.15) is 51.2 Å². The van der Waals surface area contributed by atoms with Gasteiger partial charge in [0.15, 0.2) is 0 Å². The molecule has 0 fully saturated rings. The standard InChI is InChI=1S/C29H36N2O3/c1-5-21(3)30-29(33)27(6-2)31(20-22-14-17-25(34-4)18-15-22)28(32)19-16-24-12-9-11-23-10-7-8-13-26(23)24/h7-15,17-18,21,27H,5-6,16,19-20H2,1-4H3,(H,30,33)/t21-,27-/m1/s1. The fraction of sp³-hybridized carbons (Fsp3) is 0.379. The number of benzene rings is 3. The molecule has 3 rings (SSSR count). The zero-order valence-corrected chi connectivity index (χ0v) is 20.7. The number of ether oxygens (including phenoxy) is 1. The van der Waals surface area contributed by atoms with Crippen LogP contribution in [0, 0.1) is 0 Å². The van der Waals surface area contributed by atoms with E-state index in [1.165, 1.54) is 10.8 Å². The molecule has 0 aliphatic rings. The molecular formula is C29H36N2O3. The van der Waals surface area contributed by atoms with E-state index < -0.39 is 6.04 Å². The molecule has 0 heterocycles. The highest BCUT2D eigenvalue weighted by atomic mass is 16.5. The molecule has 3 aromatic carbocycles. The minimum Gasteiger partial charge on any atom is -0.497 e. The molecule has 1 N–H and O–H groups in total. The maximum atomic E-state index is 13.6. The van der Waals surface area contributed by atoms with Crippen molar-refractivity contribution in [2.45, 2.75) is 65.1 Å². The lowest BCUT2D eigenvalue weighted by Crippen LogP contribution is -2.50. The monoisotopic (exact) mass is 460 g/mol. The van der Waals surface area contributed by atoms with E-state index in [1.54, 1.807) is 12.0 Å². The number of nitrogens with one attached hydrogen (secondary N) is 1. The van der Waals surface area contributed by atoms with Crippen molar-refractivity contribution in [1.29, 1.82) is 0 Å². The number of amides is 2. The van der Waals surface area contributed by atoms with Gasteiger partial charge in [0, 0.05) is 19.0 Å². The number of hydrogen-bond acceptors (Lipinski definition) is 3. The van der Waals surface area contributed by atoms with Crippen LogP contribution in [0.3, 0.4) is 0 Å². The molecule has 3 aromatic rings. The molecule has 5 heteroatoms. The Labute approximate surface area is 203 Å². The summed E-state index contributed by atoms with van der Waals surface area (Å²) in [6.45, 7) is 6.36. The highest BCUT2D eigenvalue weighted by molar-refractivity contribution is 5.89. The number of carbonyl (C=O) groups is 2. The van der Waals surface area contributed by atoms with Gasteiger partial charge < -0.3 is 15.0 Å². The van der Waals surface area contributed by atoms with Crippen LogP contribution in [-0.4, -0.2) is 35.9 Å². The predicted octanol–water partition coefficient (Wildman–Crippen LogP) is 5.50. The highest BCUT2D eigenvalue weighted by Gasteiger charge is 2.29. The van der Waals surface area contributed by atoms with Gasteiger partial charge in [-0.1, -0.05) is 68.4 Å². The van der Waals surface area contributed by atoms with Gasteiger partial charge in [-0.05, 0) is 60.2 Å². The minimum absolute atomic E-state index is 0.0186. The van der Waals surface area contributed by atoms with E-state index in [4.69, 9.17) is 4.74 Å². The van der Waals surface area contributed by atoms with Gasteiger partial charge in [-0.2, -0.15) is 0 Å². The quantitative estimate of drug-likeness (QED) is 0.411. The maximum Gasteiger partial charge on any atom is 0.243 e. The van der Waals surface area contributed by atoms with E-state index in [9.17, 15) is 9.59 Å². The molecular weight excluding hydrogens is 424 g/mol. The Bertz CT molecular complexity index is 1090. The molecule has 0 saturated carbocycles. The largest absolute Gasteiger partial charge is 0.497 e. The fourth-order valence-electron chi connectivity index (χ4n) is 4.18. The van der Waals surface area contributed by atoms with Gasteiger partial charge in [0.05, 0.1) is 7.11 Å². The highest BCUT2D eigenvalue weighted by Crippen LogP contribution is 2.22. The maximum absolute atomic E-state index is 13.6. The van der Waals surface area contributed by atoms with E-state index in [0.29, 0.717) is 25.8 Å². The van der Waals surface area contributed by atoms with Crippen LogP contribution in [0.2, 0.25) is 0 Å². The third-order valence-electron chi connectivity index (χ3n) is 6.39. The molecule has 0 spiro atoms. The first-order valence-electron chi connectivity index (χ1n) is 12.2. The molecule has 0 aliphatic carbocycles. The predicted molar refractivity (Wildman–Crippen MR) is 138 cm³/mol. The topological polar surface area (TPSA) is 58.6 Å². The first-order valence-corrected chi connectivity index (χ1v) is 12.2. The summed E-state index contributed by atoms with van der Waals surface area (Å²) in [5, 5.41) is 5.40. The van der Waals surface area contributed by atoms with E-state index >= 15 is 0 Å². The summed E-state index contributed by atoms with van der Waals surface area (Å²) < 4.78 is 5.26. The number of aryl methyl sites for hydroxylation is 1. The smallest absolute Gasteiger partial charge is 0.243 e. The molecule has 2 atom stereocenters. The lowest BCUT2D eigenvalue weighted by molar-refractivity contribution is -0.141. The minimum atomic E-state index is -0.517. The van der Waals surface area contributed by atoms with E-state index in [2.05, 4.69) is 29.6 Å². The molecule has 34 heavy (non-hydrogen) atoms. The Morgan fingerprint density at radius 3 is 2.32 bits per heavy atom. The number of fused-ring (bicyclic) bond motifs is 1. The average Bonchev–Trinajstić information content (AvgIpc) is 2.87. The Morgan fingerprint density at radius 2 is 1.65 bits per heavy atom. The van der Waals surface area contributed by atoms with Crippen LogP contribution in [0.4, 0.5) is 0 Å². The second-order valence-corrected chi connectivity index (χ2v) is 8.75. The van der Waals surface area contributed by atoms with Crippen LogP contribution < -0.4 is 10.1 Å². The number of methoxy groups -OCH3 is 1. The first-order chi connectivity index (χ1) is 16.5. The molecule has 0 saturated heterocycles. The Morgan fingerprint density at radius 1 is 0.941 bits per heavy atom. The molecule has 2 amide bonds. The normalized spacial score (nSPS) is 12.7. The summed E-state index contributed by atoms with van der Waals surface area (Å²) in [6, 6.07) is 21.6.